The molecule has 2 atom stereocenters. The molecule has 0 spiro atoms. The van der Waals surface area contributed by atoms with Crippen LogP contribution in [0.15, 0.2) is 24.3 Å². The van der Waals surface area contributed by atoms with Crippen LogP contribution in [-0.4, -0.2) is 56.6 Å². The largest absolute Gasteiger partial charge is 0.347 e. The van der Waals surface area contributed by atoms with Gasteiger partial charge in [0.1, 0.15) is 18.9 Å². The minimum absolute atomic E-state index is 0.0690. The van der Waals surface area contributed by atoms with Crippen LogP contribution in [0.1, 0.15) is 27.2 Å². The number of amides is 2. The number of rotatable bonds is 5. The van der Waals surface area contributed by atoms with Crippen molar-refractivity contribution in [1.82, 2.24) is 5.32 Å². The van der Waals surface area contributed by atoms with E-state index in [-0.39, 0.29) is 23.2 Å². The average Bonchev–Trinajstić information content (AvgIpc) is 2.73. The van der Waals surface area contributed by atoms with Crippen molar-refractivity contribution in [3.63, 3.8) is 0 Å². The number of halogens is 1. The SMILES string of the molecule is CC(C)(C)NC(=O)C[NH+]1CCC[NH+](CC(=O)Nc2ccc(F)cc2)CC1. The maximum atomic E-state index is 12.9. The lowest BCUT2D eigenvalue weighted by Crippen LogP contribution is -3.18. The Morgan fingerprint density at radius 1 is 0.962 bits per heavy atom. The lowest BCUT2D eigenvalue weighted by atomic mass is 10.1. The molecule has 0 bridgehead atoms. The van der Waals surface area contributed by atoms with Crippen molar-refractivity contribution < 1.29 is 23.8 Å². The van der Waals surface area contributed by atoms with Crippen molar-refractivity contribution in [2.24, 2.45) is 0 Å². The molecular formula is C19H31FN4O2+2. The molecule has 144 valence electrons. The van der Waals surface area contributed by atoms with Gasteiger partial charge in [0.25, 0.3) is 11.8 Å². The molecule has 4 N–H and O–H groups in total. The van der Waals surface area contributed by atoms with Gasteiger partial charge in [-0.1, -0.05) is 0 Å². The van der Waals surface area contributed by atoms with E-state index in [9.17, 15) is 14.0 Å². The lowest BCUT2D eigenvalue weighted by Gasteiger charge is -2.22. The summed E-state index contributed by atoms with van der Waals surface area (Å²) in [6, 6.07) is 5.78. The Labute approximate surface area is 154 Å². The van der Waals surface area contributed by atoms with Crippen molar-refractivity contribution >= 4 is 17.5 Å². The van der Waals surface area contributed by atoms with Gasteiger partial charge in [0.05, 0.1) is 13.1 Å². The van der Waals surface area contributed by atoms with Gasteiger partial charge in [-0.15, -0.1) is 0 Å². The molecule has 2 amide bonds. The molecule has 2 unspecified atom stereocenters. The van der Waals surface area contributed by atoms with Gasteiger partial charge < -0.3 is 20.4 Å². The van der Waals surface area contributed by atoms with Gasteiger partial charge >= 0.3 is 0 Å². The third-order valence-corrected chi connectivity index (χ3v) is 4.36. The van der Waals surface area contributed by atoms with E-state index in [1.165, 1.54) is 21.9 Å². The Bertz CT molecular complexity index is 613. The molecule has 0 aliphatic carbocycles. The fraction of sp³-hybridized carbons (Fsp3) is 0.579. The maximum absolute atomic E-state index is 12.9. The van der Waals surface area contributed by atoms with E-state index in [0.717, 1.165) is 32.6 Å². The van der Waals surface area contributed by atoms with Gasteiger partial charge in [-0.05, 0) is 45.0 Å². The van der Waals surface area contributed by atoms with Crippen LogP contribution in [0.4, 0.5) is 10.1 Å². The number of nitrogens with one attached hydrogen (secondary N) is 4. The van der Waals surface area contributed by atoms with E-state index in [4.69, 9.17) is 0 Å². The third-order valence-electron chi connectivity index (χ3n) is 4.36. The predicted molar refractivity (Wildman–Crippen MR) is 98.7 cm³/mol. The highest BCUT2D eigenvalue weighted by atomic mass is 19.1. The van der Waals surface area contributed by atoms with Gasteiger partial charge in [-0.25, -0.2) is 4.39 Å². The first-order valence-corrected chi connectivity index (χ1v) is 9.25. The Morgan fingerprint density at radius 2 is 1.50 bits per heavy atom. The zero-order valence-corrected chi connectivity index (χ0v) is 16.0. The first-order valence-electron chi connectivity index (χ1n) is 9.25. The van der Waals surface area contributed by atoms with Crippen molar-refractivity contribution in [3.8, 4) is 0 Å². The highest BCUT2D eigenvalue weighted by molar-refractivity contribution is 5.91. The highest BCUT2D eigenvalue weighted by Gasteiger charge is 2.25. The van der Waals surface area contributed by atoms with E-state index in [2.05, 4.69) is 10.6 Å². The quantitative estimate of drug-likeness (QED) is 0.532. The summed E-state index contributed by atoms with van der Waals surface area (Å²) < 4.78 is 12.9. The van der Waals surface area contributed by atoms with Crippen LogP contribution in [0.25, 0.3) is 0 Å². The zero-order chi connectivity index (χ0) is 19.2. The number of carbonyl (C=O) groups is 2. The Hall–Kier alpha value is -1.99. The predicted octanol–water partition coefficient (Wildman–Crippen LogP) is -1.15. The fourth-order valence-corrected chi connectivity index (χ4v) is 3.20. The molecule has 2 rings (SSSR count). The molecule has 1 fully saturated rings. The molecule has 1 heterocycles. The minimum atomic E-state index is -0.320. The highest BCUT2D eigenvalue weighted by Crippen LogP contribution is 2.07. The van der Waals surface area contributed by atoms with Gasteiger partial charge in [-0.3, -0.25) is 9.59 Å². The summed E-state index contributed by atoms with van der Waals surface area (Å²) in [5.74, 6) is -0.315. The molecule has 1 aliphatic heterocycles. The standard InChI is InChI=1S/C19H29FN4O2/c1-19(2,3)22-18(26)14-24-10-4-9-23(11-12-24)13-17(25)21-16-7-5-15(20)6-8-16/h5-8H,4,9-14H2,1-3H3,(H,21,25)(H,22,26)/p+2. The van der Waals surface area contributed by atoms with Gasteiger partial charge in [0.15, 0.2) is 13.1 Å². The van der Waals surface area contributed by atoms with E-state index < -0.39 is 0 Å². The first kappa shape index (κ1) is 20.3. The van der Waals surface area contributed by atoms with E-state index in [1.54, 1.807) is 12.1 Å². The summed E-state index contributed by atoms with van der Waals surface area (Å²) >= 11 is 0. The molecule has 1 aromatic carbocycles. The van der Waals surface area contributed by atoms with Crippen LogP contribution in [-0.2, 0) is 9.59 Å². The molecule has 1 saturated heterocycles. The van der Waals surface area contributed by atoms with Crippen molar-refractivity contribution in [2.75, 3.05) is 44.6 Å². The summed E-state index contributed by atoms with van der Waals surface area (Å²) in [6.45, 7) is 10.4. The first-order chi connectivity index (χ1) is 12.2. The molecule has 7 heteroatoms. The van der Waals surface area contributed by atoms with E-state index in [0.29, 0.717) is 18.8 Å². The number of quaternary nitrogens is 2. The number of hydrogen-bond acceptors (Lipinski definition) is 2. The van der Waals surface area contributed by atoms with E-state index >= 15 is 0 Å². The second-order valence-corrected chi connectivity index (χ2v) is 8.06. The normalized spacial score (nSPS) is 20.9. The number of carbonyl (C=O) groups excluding carboxylic acids is 2. The van der Waals surface area contributed by atoms with Crippen molar-refractivity contribution in [1.29, 1.82) is 0 Å². The van der Waals surface area contributed by atoms with Crippen molar-refractivity contribution in [3.05, 3.63) is 30.1 Å². The monoisotopic (exact) mass is 366 g/mol. The summed E-state index contributed by atoms with van der Waals surface area (Å²) in [6.07, 6.45) is 0.983. The summed E-state index contributed by atoms with van der Waals surface area (Å²) in [4.78, 5) is 26.8. The van der Waals surface area contributed by atoms with Crippen LogP contribution >= 0.6 is 0 Å². The smallest absolute Gasteiger partial charge is 0.279 e. The number of hydrogen-bond donors (Lipinski definition) is 4. The molecule has 0 saturated carbocycles. The second kappa shape index (κ2) is 9.09. The molecule has 26 heavy (non-hydrogen) atoms. The van der Waals surface area contributed by atoms with Crippen LogP contribution in [0.5, 0.6) is 0 Å². The minimum Gasteiger partial charge on any atom is -0.347 e. The van der Waals surface area contributed by atoms with Gasteiger partial charge in [0, 0.05) is 17.6 Å². The second-order valence-electron chi connectivity index (χ2n) is 8.06. The summed E-state index contributed by atoms with van der Waals surface area (Å²) in [5.41, 5.74) is 0.398. The third kappa shape index (κ3) is 7.49. The Balaban J connectivity index is 1.76. The summed E-state index contributed by atoms with van der Waals surface area (Å²) in [5, 5.41) is 5.81. The maximum Gasteiger partial charge on any atom is 0.279 e. The van der Waals surface area contributed by atoms with Crippen LogP contribution in [0.2, 0.25) is 0 Å². The van der Waals surface area contributed by atoms with Crippen LogP contribution in [0.3, 0.4) is 0 Å². The van der Waals surface area contributed by atoms with Gasteiger partial charge in [0.2, 0.25) is 0 Å². The molecule has 1 aliphatic rings. The fourth-order valence-electron chi connectivity index (χ4n) is 3.20. The number of benzene rings is 1. The zero-order valence-electron chi connectivity index (χ0n) is 16.0. The Morgan fingerprint density at radius 3 is 2.04 bits per heavy atom. The summed E-state index contributed by atoms with van der Waals surface area (Å²) in [7, 11) is 0. The van der Waals surface area contributed by atoms with Gasteiger partial charge in [-0.2, -0.15) is 0 Å². The molecule has 0 radical (unpaired) electrons. The van der Waals surface area contributed by atoms with Crippen LogP contribution < -0.4 is 20.4 Å². The molecule has 1 aromatic rings. The molecule has 6 nitrogen and oxygen atoms in total. The van der Waals surface area contributed by atoms with E-state index in [1.807, 2.05) is 20.8 Å². The molecule has 0 aromatic heterocycles. The molecular weight excluding hydrogens is 335 g/mol. The average molecular weight is 366 g/mol. The van der Waals surface area contributed by atoms with Crippen molar-refractivity contribution in [2.45, 2.75) is 32.7 Å². The topological polar surface area (TPSA) is 67.1 Å². The Kier molecular flexibility index (Phi) is 7.11. The number of anilines is 1. The lowest BCUT2D eigenvalue weighted by molar-refractivity contribution is -0.930. The van der Waals surface area contributed by atoms with Crippen LogP contribution in [0, 0.1) is 5.82 Å².